The largest absolute Gasteiger partial charge is 0.481 e. The van der Waals surface area contributed by atoms with E-state index in [9.17, 15) is 9.90 Å². The summed E-state index contributed by atoms with van der Waals surface area (Å²) in [6.07, 6.45) is 1.04. The van der Waals surface area contributed by atoms with Gasteiger partial charge in [0.05, 0.1) is 5.92 Å². The number of aliphatic carboxylic acids is 1. The smallest absolute Gasteiger partial charge is 0.311 e. The number of hydrogen-bond acceptors (Lipinski definition) is 3. The molecule has 4 heteroatoms. The molecule has 0 aromatic heterocycles. The third-order valence-corrected chi connectivity index (χ3v) is 4.91. The van der Waals surface area contributed by atoms with Gasteiger partial charge in [-0.1, -0.05) is 17.7 Å². The molecule has 108 valence electrons. The lowest BCUT2D eigenvalue weighted by Crippen LogP contribution is -2.55. The lowest BCUT2D eigenvalue weighted by Gasteiger charge is -2.49. The normalized spacial score (nSPS) is 29.8. The Kier molecular flexibility index (Phi) is 3.21. The van der Waals surface area contributed by atoms with Crippen molar-refractivity contribution in [2.75, 3.05) is 32.1 Å². The molecule has 0 bridgehead atoms. The summed E-state index contributed by atoms with van der Waals surface area (Å²) in [5.74, 6) is -0.894. The summed E-state index contributed by atoms with van der Waals surface area (Å²) in [7, 11) is 4.19. The quantitative estimate of drug-likeness (QED) is 0.850. The Morgan fingerprint density at radius 1 is 1.35 bits per heavy atom. The van der Waals surface area contributed by atoms with E-state index in [2.05, 4.69) is 42.1 Å². The molecule has 1 N–H and O–H groups in total. The van der Waals surface area contributed by atoms with Crippen LogP contribution in [0.3, 0.4) is 0 Å². The van der Waals surface area contributed by atoms with E-state index >= 15 is 0 Å². The minimum atomic E-state index is -0.685. The molecule has 0 radical (unpaired) electrons. The fraction of sp³-hybridized carbons (Fsp3) is 0.562. The van der Waals surface area contributed by atoms with Crippen LogP contribution in [0.15, 0.2) is 18.2 Å². The van der Waals surface area contributed by atoms with Crippen molar-refractivity contribution in [2.24, 2.45) is 5.92 Å². The number of anilines is 1. The van der Waals surface area contributed by atoms with Gasteiger partial charge in [-0.05, 0) is 38.6 Å². The van der Waals surface area contributed by atoms with Gasteiger partial charge in [0.25, 0.3) is 0 Å². The van der Waals surface area contributed by atoms with Crippen LogP contribution >= 0.6 is 0 Å². The van der Waals surface area contributed by atoms with Gasteiger partial charge in [0.1, 0.15) is 0 Å². The Labute approximate surface area is 120 Å². The molecule has 3 unspecified atom stereocenters. The van der Waals surface area contributed by atoms with Gasteiger partial charge in [-0.3, -0.25) is 4.79 Å². The molecular formula is C16H22N2O2. The zero-order valence-corrected chi connectivity index (χ0v) is 12.3. The van der Waals surface area contributed by atoms with Gasteiger partial charge < -0.3 is 14.9 Å². The SMILES string of the molecule is Cc1ccc2c(c1)C(C(=O)O)C1CN(C)CCC1N2C. The van der Waals surface area contributed by atoms with E-state index in [0.29, 0.717) is 6.04 Å². The van der Waals surface area contributed by atoms with E-state index in [1.54, 1.807) is 0 Å². The average molecular weight is 274 g/mol. The summed E-state index contributed by atoms with van der Waals surface area (Å²) in [6, 6.07) is 6.54. The van der Waals surface area contributed by atoms with E-state index in [0.717, 1.165) is 36.3 Å². The highest BCUT2D eigenvalue weighted by atomic mass is 16.4. The maximum Gasteiger partial charge on any atom is 0.311 e. The lowest BCUT2D eigenvalue weighted by molar-refractivity contribution is -0.141. The molecule has 3 atom stereocenters. The number of carboxylic acids is 1. The van der Waals surface area contributed by atoms with Crippen molar-refractivity contribution >= 4 is 11.7 Å². The number of rotatable bonds is 1. The minimum Gasteiger partial charge on any atom is -0.481 e. The number of aryl methyl sites for hydroxylation is 1. The first-order valence-corrected chi connectivity index (χ1v) is 7.23. The number of nitrogens with zero attached hydrogens (tertiary/aromatic N) is 2. The van der Waals surface area contributed by atoms with Gasteiger partial charge >= 0.3 is 5.97 Å². The van der Waals surface area contributed by atoms with Crippen LogP contribution in [0, 0.1) is 12.8 Å². The summed E-state index contributed by atoms with van der Waals surface area (Å²) in [5.41, 5.74) is 3.20. The lowest BCUT2D eigenvalue weighted by atomic mass is 9.73. The van der Waals surface area contributed by atoms with E-state index in [1.165, 1.54) is 0 Å². The van der Waals surface area contributed by atoms with Crippen molar-refractivity contribution < 1.29 is 9.90 Å². The molecule has 20 heavy (non-hydrogen) atoms. The second-order valence-corrected chi connectivity index (χ2v) is 6.27. The number of benzene rings is 1. The van der Waals surface area contributed by atoms with Crippen molar-refractivity contribution in [3.8, 4) is 0 Å². The van der Waals surface area contributed by atoms with E-state index in [-0.39, 0.29) is 11.8 Å². The molecule has 0 aliphatic carbocycles. The van der Waals surface area contributed by atoms with Crippen molar-refractivity contribution in [3.63, 3.8) is 0 Å². The molecule has 1 aromatic carbocycles. The van der Waals surface area contributed by atoms with Gasteiger partial charge in [-0.25, -0.2) is 0 Å². The van der Waals surface area contributed by atoms with E-state index in [4.69, 9.17) is 0 Å². The average Bonchev–Trinajstić information content (AvgIpc) is 2.37. The molecule has 4 nitrogen and oxygen atoms in total. The van der Waals surface area contributed by atoms with Crippen LogP contribution in [0.5, 0.6) is 0 Å². The van der Waals surface area contributed by atoms with E-state index in [1.807, 2.05) is 6.92 Å². The highest BCUT2D eigenvalue weighted by molar-refractivity contribution is 5.81. The summed E-state index contributed by atoms with van der Waals surface area (Å²) >= 11 is 0. The highest BCUT2D eigenvalue weighted by Gasteiger charge is 2.45. The van der Waals surface area contributed by atoms with Crippen molar-refractivity contribution in [1.82, 2.24) is 4.90 Å². The number of likely N-dealkylation sites (tertiary alicyclic amines) is 1. The van der Waals surface area contributed by atoms with E-state index < -0.39 is 5.97 Å². The molecule has 1 saturated heterocycles. The van der Waals surface area contributed by atoms with Gasteiger partial charge in [0.15, 0.2) is 0 Å². The van der Waals surface area contributed by atoms with Crippen LogP contribution in [-0.2, 0) is 4.79 Å². The first kappa shape index (κ1) is 13.4. The molecule has 0 amide bonds. The van der Waals surface area contributed by atoms with Crippen LogP contribution in [0.25, 0.3) is 0 Å². The molecule has 0 spiro atoms. The molecule has 2 heterocycles. The van der Waals surface area contributed by atoms with Gasteiger partial charge in [0.2, 0.25) is 0 Å². The maximum atomic E-state index is 11.9. The van der Waals surface area contributed by atoms with Gasteiger partial charge in [0, 0.05) is 31.2 Å². The monoisotopic (exact) mass is 274 g/mol. The number of hydrogen-bond donors (Lipinski definition) is 1. The topological polar surface area (TPSA) is 43.8 Å². The Morgan fingerprint density at radius 3 is 2.80 bits per heavy atom. The molecule has 3 rings (SSSR count). The van der Waals surface area contributed by atoms with Crippen molar-refractivity contribution in [2.45, 2.75) is 25.3 Å². The highest BCUT2D eigenvalue weighted by Crippen LogP contribution is 2.44. The number of carbonyl (C=O) groups is 1. The first-order chi connectivity index (χ1) is 9.49. The van der Waals surface area contributed by atoms with Gasteiger partial charge in [-0.2, -0.15) is 0 Å². The standard InChI is InChI=1S/C16H22N2O2/c1-10-4-5-13-11(8-10)15(16(19)20)12-9-17(2)7-6-14(12)18(13)3/h4-5,8,12,14-15H,6-7,9H2,1-3H3,(H,19,20). The number of carboxylic acid groups (broad SMARTS) is 1. The second-order valence-electron chi connectivity index (χ2n) is 6.27. The molecule has 2 aliphatic heterocycles. The Morgan fingerprint density at radius 2 is 2.10 bits per heavy atom. The van der Waals surface area contributed by atoms with Crippen LogP contribution in [0.2, 0.25) is 0 Å². The zero-order valence-electron chi connectivity index (χ0n) is 12.3. The Bertz CT molecular complexity index is 543. The third kappa shape index (κ3) is 1.99. The fourth-order valence-corrected chi connectivity index (χ4v) is 3.92. The van der Waals surface area contributed by atoms with Crippen LogP contribution in [0.4, 0.5) is 5.69 Å². The van der Waals surface area contributed by atoms with Crippen LogP contribution < -0.4 is 4.90 Å². The molecule has 1 fully saturated rings. The van der Waals surface area contributed by atoms with Crippen LogP contribution in [-0.4, -0.2) is 49.2 Å². The molecule has 2 aliphatic rings. The van der Waals surface area contributed by atoms with Crippen molar-refractivity contribution in [3.05, 3.63) is 29.3 Å². The third-order valence-electron chi connectivity index (χ3n) is 4.91. The first-order valence-electron chi connectivity index (χ1n) is 7.23. The molecular weight excluding hydrogens is 252 g/mol. The van der Waals surface area contributed by atoms with Crippen molar-refractivity contribution in [1.29, 1.82) is 0 Å². The number of fused-ring (bicyclic) bond motifs is 2. The number of piperidine rings is 1. The Hall–Kier alpha value is -1.55. The molecule has 1 aromatic rings. The summed E-state index contributed by atoms with van der Waals surface area (Å²) in [4.78, 5) is 16.4. The minimum absolute atomic E-state index is 0.172. The molecule has 0 saturated carbocycles. The fourth-order valence-electron chi connectivity index (χ4n) is 3.92. The summed E-state index contributed by atoms with van der Waals surface area (Å²) < 4.78 is 0. The van der Waals surface area contributed by atoms with Gasteiger partial charge in [-0.15, -0.1) is 0 Å². The summed E-state index contributed by atoms with van der Waals surface area (Å²) in [5, 5.41) is 9.75. The maximum absolute atomic E-state index is 11.9. The zero-order chi connectivity index (χ0) is 14.4. The Balaban J connectivity index is 2.12. The predicted octanol–water partition coefficient (Wildman–Crippen LogP) is 1.93. The predicted molar refractivity (Wildman–Crippen MR) is 79.4 cm³/mol. The van der Waals surface area contributed by atoms with Crippen LogP contribution in [0.1, 0.15) is 23.5 Å². The summed E-state index contributed by atoms with van der Waals surface area (Å²) in [6.45, 7) is 3.93. The second kappa shape index (κ2) is 4.77.